The number of carbonyl (C=O) groups excluding carboxylic acids is 1. The summed E-state index contributed by atoms with van der Waals surface area (Å²) >= 11 is 1.29. The van der Waals surface area contributed by atoms with Crippen LogP contribution < -0.4 is 10.2 Å². The molecule has 0 radical (unpaired) electrons. The lowest BCUT2D eigenvalue weighted by molar-refractivity contribution is -0.908. The monoisotopic (exact) mass is 440 g/mol. The smallest absolute Gasteiger partial charge is 0.370 e. The van der Waals surface area contributed by atoms with Crippen LogP contribution in [0.5, 0.6) is 0 Å². The van der Waals surface area contributed by atoms with E-state index in [1.807, 2.05) is 0 Å². The minimum absolute atomic E-state index is 0.0175. The molecule has 11 heteroatoms. The molecule has 1 aliphatic rings. The van der Waals surface area contributed by atoms with E-state index in [1.165, 1.54) is 22.3 Å². The summed E-state index contributed by atoms with van der Waals surface area (Å²) in [5.74, 6) is -0.511. The van der Waals surface area contributed by atoms with Crippen molar-refractivity contribution in [1.29, 1.82) is 0 Å². The van der Waals surface area contributed by atoms with Crippen molar-refractivity contribution in [3.05, 3.63) is 41.0 Å². The Morgan fingerprint density at radius 3 is 2.80 bits per heavy atom. The number of fused-ring (bicyclic) bond motifs is 1. The first-order valence-corrected chi connectivity index (χ1v) is 10.5. The first-order valence-electron chi connectivity index (χ1n) is 9.63. The number of halogens is 3. The molecule has 3 aromatic rings. The number of nitrogens with zero attached hydrogens (tertiary/aromatic N) is 3. The molecule has 0 aromatic carbocycles. The van der Waals surface area contributed by atoms with Crippen molar-refractivity contribution in [1.82, 2.24) is 19.9 Å². The second-order valence-corrected chi connectivity index (χ2v) is 7.97. The van der Waals surface area contributed by atoms with Gasteiger partial charge in [-0.15, -0.1) is 11.3 Å². The molecule has 0 bridgehead atoms. The summed E-state index contributed by atoms with van der Waals surface area (Å²) in [6.07, 6.45) is -3.86. The van der Waals surface area contributed by atoms with Gasteiger partial charge in [0, 0.05) is 19.0 Å². The quantitative estimate of drug-likeness (QED) is 0.570. The number of carbonyl (C=O) groups is 1. The Hall–Kier alpha value is -2.50. The third-order valence-corrected chi connectivity index (χ3v) is 5.81. The highest BCUT2D eigenvalue weighted by molar-refractivity contribution is 7.13. The van der Waals surface area contributed by atoms with Gasteiger partial charge in [-0.2, -0.15) is 18.3 Å². The van der Waals surface area contributed by atoms with Crippen LogP contribution >= 0.6 is 11.3 Å². The minimum atomic E-state index is -4.63. The molecule has 0 saturated carbocycles. The van der Waals surface area contributed by atoms with Gasteiger partial charge in [0.25, 0.3) is 5.91 Å². The van der Waals surface area contributed by atoms with Crippen molar-refractivity contribution in [3.8, 4) is 10.6 Å². The van der Waals surface area contributed by atoms with E-state index >= 15 is 0 Å². The third-order valence-electron chi connectivity index (χ3n) is 4.92. The average Bonchev–Trinajstić information content (AvgIpc) is 3.40. The molecular weight excluding hydrogens is 419 g/mol. The van der Waals surface area contributed by atoms with Gasteiger partial charge >= 0.3 is 6.18 Å². The molecule has 0 atom stereocenters. The number of nitrogens with one attached hydrogen (secondary N) is 2. The number of amides is 1. The summed E-state index contributed by atoms with van der Waals surface area (Å²) in [6.45, 7) is 4.70. The average molecular weight is 440 g/mol. The lowest BCUT2D eigenvalue weighted by Crippen LogP contribution is -3.14. The number of aromatic nitrogens is 3. The topological polar surface area (TPSA) is 73.0 Å². The van der Waals surface area contributed by atoms with Crippen LogP contribution in [0.2, 0.25) is 0 Å². The van der Waals surface area contributed by atoms with Crippen molar-refractivity contribution in [2.24, 2.45) is 0 Å². The zero-order valence-electron chi connectivity index (χ0n) is 16.0. The largest absolute Gasteiger partial charge is 0.433 e. The molecule has 1 fully saturated rings. The van der Waals surface area contributed by atoms with E-state index < -0.39 is 17.8 Å². The number of hydrogen-bond donors (Lipinski definition) is 2. The highest BCUT2D eigenvalue weighted by atomic mass is 32.1. The molecular formula is C19H21F3N5O2S+. The molecule has 0 aliphatic carbocycles. The summed E-state index contributed by atoms with van der Waals surface area (Å²) in [6, 6.07) is 5.69. The maximum Gasteiger partial charge on any atom is 0.433 e. The van der Waals surface area contributed by atoms with Gasteiger partial charge in [0.1, 0.15) is 13.1 Å². The van der Waals surface area contributed by atoms with E-state index in [0.717, 1.165) is 45.3 Å². The van der Waals surface area contributed by atoms with E-state index in [4.69, 9.17) is 4.74 Å². The second-order valence-electron chi connectivity index (χ2n) is 7.02. The first kappa shape index (κ1) is 20.8. The number of morpholine rings is 1. The van der Waals surface area contributed by atoms with Gasteiger partial charge in [-0.25, -0.2) is 9.50 Å². The van der Waals surface area contributed by atoms with Crippen LogP contribution in [-0.4, -0.2) is 59.9 Å². The number of rotatable bonds is 6. The minimum Gasteiger partial charge on any atom is -0.370 e. The Morgan fingerprint density at radius 2 is 2.10 bits per heavy atom. The summed E-state index contributed by atoms with van der Waals surface area (Å²) in [5, 5.41) is 8.37. The summed E-state index contributed by atoms with van der Waals surface area (Å²) in [5.41, 5.74) is -0.873. The van der Waals surface area contributed by atoms with Gasteiger partial charge in [0.05, 0.1) is 30.3 Å². The number of alkyl halides is 3. The summed E-state index contributed by atoms with van der Waals surface area (Å²) < 4.78 is 46.7. The molecule has 1 aliphatic heterocycles. The molecule has 0 spiro atoms. The standard InChI is InChI=1S/C19H20F3N5O2S/c20-19(21,22)16-11-13(15-3-1-10-30-15)24-17-12-14(25-27(16)17)18(28)23-4-2-5-26-6-8-29-9-7-26/h1,3,10-12H,2,4-9H2,(H,23,28)/p+1. The molecule has 4 rings (SSSR count). The van der Waals surface area contributed by atoms with Crippen molar-refractivity contribution >= 4 is 22.9 Å². The fourth-order valence-corrected chi connectivity index (χ4v) is 4.07. The van der Waals surface area contributed by atoms with E-state index in [2.05, 4.69) is 15.4 Å². The van der Waals surface area contributed by atoms with Crippen molar-refractivity contribution < 1.29 is 27.6 Å². The molecule has 1 amide bonds. The normalized spacial score (nSPS) is 15.6. The molecule has 1 saturated heterocycles. The molecule has 7 nitrogen and oxygen atoms in total. The van der Waals surface area contributed by atoms with Gasteiger partial charge in [0.15, 0.2) is 17.0 Å². The van der Waals surface area contributed by atoms with Gasteiger partial charge in [-0.05, 0) is 17.5 Å². The number of ether oxygens (including phenoxy) is 1. The molecule has 160 valence electrons. The Balaban J connectivity index is 1.49. The number of hydrogen-bond acceptors (Lipinski definition) is 5. The van der Waals surface area contributed by atoms with Crippen LogP contribution in [0.4, 0.5) is 13.2 Å². The lowest BCUT2D eigenvalue weighted by Gasteiger charge is -2.23. The SMILES string of the molecule is O=C(NCCC[NH+]1CCOCC1)c1cc2nc(-c3cccs3)cc(C(F)(F)F)n2n1. The number of thiophene rings is 1. The lowest BCUT2D eigenvalue weighted by atomic mass is 10.2. The van der Waals surface area contributed by atoms with Crippen LogP contribution in [0.25, 0.3) is 16.2 Å². The summed E-state index contributed by atoms with van der Waals surface area (Å²) in [7, 11) is 0. The van der Waals surface area contributed by atoms with Gasteiger partial charge < -0.3 is 15.0 Å². The zero-order valence-corrected chi connectivity index (χ0v) is 16.9. The Kier molecular flexibility index (Phi) is 6.02. The van der Waals surface area contributed by atoms with Crippen LogP contribution in [0.15, 0.2) is 29.6 Å². The van der Waals surface area contributed by atoms with Gasteiger partial charge in [-0.1, -0.05) is 6.07 Å². The predicted octanol–water partition coefficient (Wildman–Crippen LogP) is 1.51. The highest BCUT2D eigenvalue weighted by Gasteiger charge is 2.35. The third kappa shape index (κ3) is 4.63. The molecule has 3 aromatic heterocycles. The maximum atomic E-state index is 13.6. The Bertz CT molecular complexity index is 1010. The Labute approximate surface area is 174 Å². The zero-order chi connectivity index (χ0) is 21.1. The molecule has 2 N–H and O–H groups in total. The Morgan fingerprint density at radius 1 is 1.30 bits per heavy atom. The van der Waals surface area contributed by atoms with Gasteiger partial charge in [0.2, 0.25) is 0 Å². The number of quaternary nitrogens is 1. The van der Waals surface area contributed by atoms with Crippen LogP contribution in [0.1, 0.15) is 22.6 Å². The highest BCUT2D eigenvalue weighted by Crippen LogP contribution is 2.33. The fraction of sp³-hybridized carbons (Fsp3) is 0.421. The molecule has 30 heavy (non-hydrogen) atoms. The maximum absolute atomic E-state index is 13.6. The predicted molar refractivity (Wildman–Crippen MR) is 105 cm³/mol. The van der Waals surface area contributed by atoms with Crippen LogP contribution in [0, 0.1) is 0 Å². The van der Waals surface area contributed by atoms with Crippen LogP contribution in [-0.2, 0) is 10.9 Å². The molecule has 4 heterocycles. The van der Waals surface area contributed by atoms with E-state index in [-0.39, 0.29) is 17.0 Å². The first-order chi connectivity index (χ1) is 14.4. The van der Waals surface area contributed by atoms with Crippen molar-refractivity contribution in [2.75, 3.05) is 39.4 Å². The second kappa shape index (κ2) is 8.70. The molecule has 0 unspecified atom stereocenters. The van der Waals surface area contributed by atoms with E-state index in [0.29, 0.717) is 15.9 Å². The fourth-order valence-electron chi connectivity index (χ4n) is 3.38. The van der Waals surface area contributed by atoms with Crippen LogP contribution in [0.3, 0.4) is 0 Å². The van der Waals surface area contributed by atoms with Crippen molar-refractivity contribution in [2.45, 2.75) is 12.6 Å². The van der Waals surface area contributed by atoms with Crippen molar-refractivity contribution in [3.63, 3.8) is 0 Å². The summed E-state index contributed by atoms with van der Waals surface area (Å²) in [4.78, 5) is 18.7. The van der Waals surface area contributed by atoms with E-state index in [9.17, 15) is 18.0 Å². The van der Waals surface area contributed by atoms with E-state index in [1.54, 1.807) is 17.5 Å². The van der Waals surface area contributed by atoms with Gasteiger partial charge in [-0.3, -0.25) is 4.79 Å².